The van der Waals surface area contributed by atoms with Gasteiger partial charge in [-0.2, -0.15) is 13.2 Å². The third-order valence-corrected chi connectivity index (χ3v) is 5.03. The molecule has 0 bridgehead atoms. The first-order valence-corrected chi connectivity index (χ1v) is 8.57. The van der Waals surface area contributed by atoms with Gasteiger partial charge in [0.15, 0.2) is 5.60 Å². The van der Waals surface area contributed by atoms with Gasteiger partial charge in [0.1, 0.15) is 5.75 Å². The van der Waals surface area contributed by atoms with Crippen LogP contribution in [0.15, 0.2) is 59.5 Å². The van der Waals surface area contributed by atoms with Crippen LogP contribution in [-0.2, 0) is 15.6 Å². The molecule has 0 saturated carbocycles. The molecular weight excluding hydrogens is 359 g/mol. The van der Waals surface area contributed by atoms with Crippen molar-refractivity contribution in [3.63, 3.8) is 0 Å². The lowest BCUT2D eigenvalue weighted by molar-refractivity contribution is -0.263. The zero-order valence-corrected chi connectivity index (χ0v) is 13.9. The first-order valence-electron chi connectivity index (χ1n) is 7.08. The minimum absolute atomic E-state index is 0.245. The lowest BCUT2D eigenvalue weighted by atomic mass is 9.93. The molecule has 0 aliphatic rings. The molecule has 136 valence electrons. The lowest BCUT2D eigenvalue weighted by Gasteiger charge is -2.31. The van der Waals surface area contributed by atoms with E-state index in [0.29, 0.717) is 5.75 Å². The molecular formula is C16H16F3NO4S. The van der Waals surface area contributed by atoms with E-state index in [2.05, 4.69) is 0 Å². The van der Waals surface area contributed by atoms with Crippen LogP contribution in [-0.4, -0.2) is 33.4 Å². The second kappa shape index (κ2) is 7.03. The Morgan fingerprint density at radius 3 is 2.08 bits per heavy atom. The molecule has 0 saturated heterocycles. The van der Waals surface area contributed by atoms with Crippen molar-refractivity contribution in [2.24, 2.45) is 0 Å². The Morgan fingerprint density at radius 2 is 1.60 bits per heavy atom. The number of alkyl halides is 3. The highest BCUT2D eigenvalue weighted by atomic mass is 32.2. The smallest absolute Gasteiger partial charge is 0.422 e. The predicted octanol–water partition coefficient (Wildman–Crippen LogP) is 2.42. The summed E-state index contributed by atoms with van der Waals surface area (Å²) in [6, 6.07) is 11.4. The van der Waals surface area contributed by atoms with Gasteiger partial charge in [-0.3, -0.25) is 0 Å². The van der Waals surface area contributed by atoms with Crippen molar-refractivity contribution < 1.29 is 31.4 Å². The van der Waals surface area contributed by atoms with Crippen LogP contribution in [0.1, 0.15) is 5.56 Å². The normalized spacial score (nSPS) is 14.8. The Kier molecular flexibility index (Phi) is 5.40. The quantitative estimate of drug-likeness (QED) is 0.813. The standard InChI is InChI=1S/C16H16F3NO4S/c1-24-13-7-9-14(10-8-13)25(22,23)20-11-15(21,16(17,18)19)12-5-3-2-4-6-12/h2-10,20-21H,11H2,1H3. The Labute approximate surface area is 143 Å². The molecule has 1 unspecified atom stereocenters. The van der Waals surface area contributed by atoms with Gasteiger partial charge < -0.3 is 9.84 Å². The van der Waals surface area contributed by atoms with Crippen molar-refractivity contribution >= 4 is 10.0 Å². The van der Waals surface area contributed by atoms with Crippen molar-refractivity contribution in [3.05, 3.63) is 60.2 Å². The fourth-order valence-electron chi connectivity index (χ4n) is 2.12. The first kappa shape index (κ1) is 19.2. The zero-order chi connectivity index (χ0) is 18.7. The third kappa shape index (κ3) is 4.12. The van der Waals surface area contributed by atoms with E-state index in [0.717, 1.165) is 12.1 Å². The summed E-state index contributed by atoms with van der Waals surface area (Å²) in [5.74, 6) is 0.398. The highest BCUT2D eigenvalue weighted by Gasteiger charge is 2.55. The molecule has 2 N–H and O–H groups in total. The molecule has 5 nitrogen and oxygen atoms in total. The lowest BCUT2D eigenvalue weighted by Crippen LogP contribution is -2.50. The maximum Gasteiger partial charge on any atom is 0.422 e. The number of halogens is 3. The first-order chi connectivity index (χ1) is 11.6. The van der Waals surface area contributed by atoms with Crippen molar-refractivity contribution in [3.8, 4) is 5.75 Å². The average molecular weight is 375 g/mol. The summed E-state index contributed by atoms with van der Waals surface area (Å²) in [4.78, 5) is -0.245. The van der Waals surface area contributed by atoms with E-state index in [9.17, 15) is 26.7 Å². The van der Waals surface area contributed by atoms with Gasteiger partial charge in [0, 0.05) is 0 Å². The SMILES string of the molecule is COc1ccc(S(=O)(=O)NCC(O)(c2ccccc2)C(F)(F)F)cc1. The van der Waals surface area contributed by atoms with Gasteiger partial charge in [-0.1, -0.05) is 30.3 Å². The van der Waals surface area contributed by atoms with Crippen LogP contribution in [0.2, 0.25) is 0 Å². The van der Waals surface area contributed by atoms with Gasteiger partial charge >= 0.3 is 6.18 Å². The highest BCUT2D eigenvalue weighted by Crippen LogP contribution is 2.38. The van der Waals surface area contributed by atoms with E-state index in [1.165, 1.54) is 49.6 Å². The van der Waals surface area contributed by atoms with Crippen LogP contribution in [0.5, 0.6) is 5.75 Å². The number of benzene rings is 2. The Balaban J connectivity index is 2.28. The Bertz CT molecular complexity index is 808. The molecule has 0 spiro atoms. The molecule has 0 fully saturated rings. The van der Waals surface area contributed by atoms with Gasteiger partial charge in [0.25, 0.3) is 0 Å². The van der Waals surface area contributed by atoms with E-state index in [1.807, 2.05) is 4.72 Å². The minimum atomic E-state index is -5.07. The summed E-state index contributed by atoms with van der Waals surface area (Å²) in [5, 5.41) is 10.1. The summed E-state index contributed by atoms with van der Waals surface area (Å²) in [5.41, 5.74) is -3.81. The summed E-state index contributed by atoms with van der Waals surface area (Å²) in [6.45, 7) is -1.26. The molecule has 2 aromatic carbocycles. The van der Waals surface area contributed by atoms with Crippen molar-refractivity contribution in [2.45, 2.75) is 16.7 Å². The van der Waals surface area contributed by atoms with E-state index in [4.69, 9.17) is 4.74 Å². The van der Waals surface area contributed by atoms with Crippen LogP contribution in [0.25, 0.3) is 0 Å². The molecule has 0 aliphatic carbocycles. The van der Waals surface area contributed by atoms with Crippen molar-refractivity contribution in [1.29, 1.82) is 0 Å². The Hall–Kier alpha value is -2.10. The summed E-state index contributed by atoms with van der Waals surface area (Å²) in [6.07, 6.45) is -5.07. The molecule has 1 atom stereocenters. The monoisotopic (exact) mass is 375 g/mol. The Morgan fingerprint density at radius 1 is 1.04 bits per heavy atom. The van der Waals surface area contributed by atoms with Gasteiger partial charge in [-0.25, -0.2) is 13.1 Å². The van der Waals surface area contributed by atoms with Crippen LogP contribution < -0.4 is 9.46 Å². The van der Waals surface area contributed by atoms with Gasteiger partial charge in [-0.05, 0) is 29.8 Å². The van der Waals surface area contributed by atoms with Gasteiger partial charge in [-0.15, -0.1) is 0 Å². The van der Waals surface area contributed by atoms with Crippen LogP contribution in [0.3, 0.4) is 0 Å². The molecule has 0 aromatic heterocycles. The number of hydrogen-bond donors (Lipinski definition) is 2. The zero-order valence-electron chi connectivity index (χ0n) is 13.1. The number of rotatable bonds is 6. The van der Waals surface area contributed by atoms with Gasteiger partial charge in [0.05, 0.1) is 18.6 Å². The van der Waals surface area contributed by atoms with Gasteiger partial charge in [0.2, 0.25) is 10.0 Å². The largest absolute Gasteiger partial charge is 0.497 e. The molecule has 2 rings (SSSR count). The number of hydrogen-bond acceptors (Lipinski definition) is 4. The summed E-state index contributed by atoms with van der Waals surface area (Å²) in [7, 11) is -2.86. The second-order valence-corrected chi connectivity index (χ2v) is 6.99. The summed E-state index contributed by atoms with van der Waals surface area (Å²) >= 11 is 0. The fourth-order valence-corrected chi connectivity index (χ4v) is 3.18. The number of aliphatic hydroxyl groups is 1. The van der Waals surface area contributed by atoms with E-state index >= 15 is 0 Å². The van der Waals surface area contributed by atoms with E-state index < -0.39 is 33.9 Å². The number of ether oxygens (including phenoxy) is 1. The van der Waals surface area contributed by atoms with Crippen molar-refractivity contribution in [1.82, 2.24) is 4.72 Å². The minimum Gasteiger partial charge on any atom is -0.497 e. The molecule has 0 aliphatic heterocycles. The second-order valence-electron chi connectivity index (χ2n) is 5.22. The maximum absolute atomic E-state index is 13.4. The summed E-state index contributed by atoms with van der Waals surface area (Å²) < 4.78 is 71.2. The molecule has 0 amide bonds. The number of nitrogens with one attached hydrogen (secondary N) is 1. The third-order valence-electron chi connectivity index (χ3n) is 3.61. The molecule has 0 heterocycles. The van der Waals surface area contributed by atoms with E-state index in [1.54, 1.807) is 0 Å². The molecule has 9 heteroatoms. The fraction of sp³-hybridized carbons (Fsp3) is 0.250. The van der Waals surface area contributed by atoms with Crippen LogP contribution >= 0.6 is 0 Å². The van der Waals surface area contributed by atoms with Crippen molar-refractivity contribution in [2.75, 3.05) is 13.7 Å². The van der Waals surface area contributed by atoms with Crippen LogP contribution in [0.4, 0.5) is 13.2 Å². The number of methoxy groups -OCH3 is 1. The topological polar surface area (TPSA) is 75.6 Å². The van der Waals surface area contributed by atoms with Crippen LogP contribution in [0, 0.1) is 0 Å². The predicted molar refractivity (Wildman–Crippen MR) is 84.6 cm³/mol. The van der Waals surface area contributed by atoms with E-state index in [-0.39, 0.29) is 4.90 Å². The molecule has 25 heavy (non-hydrogen) atoms. The highest BCUT2D eigenvalue weighted by molar-refractivity contribution is 7.89. The number of sulfonamides is 1. The molecule has 2 aromatic rings. The maximum atomic E-state index is 13.4. The molecule has 0 radical (unpaired) electrons. The average Bonchev–Trinajstić information content (AvgIpc) is 2.59.